The van der Waals surface area contributed by atoms with Gasteiger partial charge in [-0.05, 0) is 44.0 Å². The third-order valence-electron chi connectivity index (χ3n) is 2.93. The van der Waals surface area contributed by atoms with E-state index in [0.29, 0.717) is 17.8 Å². The van der Waals surface area contributed by atoms with E-state index in [0.717, 1.165) is 12.8 Å². The second-order valence-electron chi connectivity index (χ2n) is 4.74. The summed E-state index contributed by atoms with van der Waals surface area (Å²) in [6, 6.07) is 6.76. The zero-order chi connectivity index (χ0) is 15.0. The SMILES string of the molecule is CCCNC(=O)Nc1ccc(C(=O)NC(C)CC)cc1. The first kappa shape index (κ1) is 16.0. The normalized spacial score (nSPS) is 11.6. The molecule has 0 saturated carbocycles. The lowest BCUT2D eigenvalue weighted by Crippen LogP contribution is -2.32. The number of carbonyl (C=O) groups is 2. The Hall–Kier alpha value is -2.04. The van der Waals surface area contributed by atoms with Crippen LogP contribution in [-0.4, -0.2) is 24.5 Å². The fourth-order valence-corrected chi connectivity index (χ4v) is 1.53. The Kier molecular flexibility index (Phi) is 6.56. The van der Waals surface area contributed by atoms with E-state index in [1.165, 1.54) is 0 Å². The van der Waals surface area contributed by atoms with Crippen LogP contribution < -0.4 is 16.0 Å². The predicted molar refractivity (Wildman–Crippen MR) is 81.0 cm³/mol. The highest BCUT2D eigenvalue weighted by atomic mass is 16.2. The molecule has 0 saturated heterocycles. The van der Waals surface area contributed by atoms with Crippen molar-refractivity contribution >= 4 is 17.6 Å². The lowest BCUT2D eigenvalue weighted by molar-refractivity contribution is 0.0939. The highest BCUT2D eigenvalue weighted by Gasteiger charge is 2.08. The van der Waals surface area contributed by atoms with Crippen molar-refractivity contribution in [3.05, 3.63) is 29.8 Å². The number of carbonyl (C=O) groups excluding carboxylic acids is 2. The molecule has 0 aliphatic heterocycles. The topological polar surface area (TPSA) is 70.2 Å². The van der Waals surface area contributed by atoms with Crippen molar-refractivity contribution in [3.63, 3.8) is 0 Å². The maximum Gasteiger partial charge on any atom is 0.319 e. The van der Waals surface area contributed by atoms with Gasteiger partial charge in [-0.2, -0.15) is 0 Å². The summed E-state index contributed by atoms with van der Waals surface area (Å²) in [5, 5.41) is 8.33. The second kappa shape index (κ2) is 8.19. The first-order valence-electron chi connectivity index (χ1n) is 7.02. The summed E-state index contributed by atoms with van der Waals surface area (Å²) in [6.07, 6.45) is 1.78. The van der Waals surface area contributed by atoms with E-state index >= 15 is 0 Å². The van der Waals surface area contributed by atoms with Crippen molar-refractivity contribution < 1.29 is 9.59 Å². The molecular weight excluding hydrogens is 254 g/mol. The smallest absolute Gasteiger partial charge is 0.319 e. The number of hydrogen-bond acceptors (Lipinski definition) is 2. The minimum atomic E-state index is -0.233. The lowest BCUT2D eigenvalue weighted by atomic mass is 10.1. The Bertz CT molecular complexity index is 443. The van der Waals surface area contributed by atoms with E-state index in [9.17, 15) is 9.59 Å². The molecule has 20 heavy (non-hydrogen) atoms. The Labute approximate surface area is 120 Å². The van der Waals surface area contributed by atoms with Gasteiger partial charge in [-0.1, -0.05) is 13.8 Å². The van der Waals surface area contributed by atoms with Gasteiger partial charge in [-0.15, -0.1) is 0 Å². The van der Waals surface area contributed by atoms with Gasteiger partial charge in [0, 0.05) is 23.8 Å². The maximum absolute atomic E-state index is 11.9. The van der Waals surface area contributed by atoms with Crippen LogP contribution in [0.5, 0.6) is 0 Å². The third kappa shape index (κ3) is 5.30. The number of benzene rings is 1. The van der Waals surface area contributed by atoms with Gasteiger partial charge in [-0.3, -0.25) is 4.79 Å². The van der Waals surface area contributed by atoms with Gasteiger partial charge >= 0.3 is 6.03 Å². The summed E-state index contributed by atoms with van der Waals surface area (Å²) in [6.45, 7) is 6.62. The van der Waals surface area contributed by atoms with Crippen molar-refractivity contribution in [1.29, 1.82) is 0 Å². The van der Waals surface area contributed by atoms with Gasteiger partial charge in [0.25, 0.3) is 5.91 Å². The van der Waals surface area contributed by atoms with Crippen LogP contribution in [0.25, 0.3) is 0 Å². The summed E-state index contributed by atoms with van der Waals surface area (Å²) < 4.78 is 0. The van der Waals surface area contributed by atoms with Crippen LogP contribution in [0.1, 0.15) is 44.0 Å². The zero-order valence-corrected chi connectivity index (χ0v) is 12.3. The van der Waals surface area contributed by atoms with Crippen LogP contribution in [0.15, 0.2) is 24.3 Å². The number of hydrogen-bond donors (Lipinski definition) is 3. The molecule has 0 aliphatic rings. The molecule has 3 amide bonds. The average Bonchev–Trinajstić information content (AvgIpc) is 2.45. The van der Waals surface area contributed by atoms with E-state index in [1.807, 2.05) is 20.8 Å². The molecule has 5 heteroatoms. The van der Waals surface area contributed by atoms with Gasteiger partial charge in [-0.25, -0.2) is 4.79 Å². The van der Waals surface area contributed by atoms with Crippen LogP contribution in [0.3, 0.4) is 0 Å². The third-order valence-corrected chi connectivity index (χ3v) is 2.93. The predicted octanol–water partition coefficient (Wildman–Crippen LogP) is 2.75. The van der Waals surface area contributed by atoms with Crippen molar-refractivity contribution in [2.45, 2.75) is 39.7 Å². The summed E-state index contributed by atoms with van der Waals surface area (Å²) in [4.78, 5) is 23.4. The highest BCUT2D eigenvalue weighted by Crippen LogP contribution is 2.09. The number of rotatable bonds is 6. The van der Waals surface area contributed by atoms with Crippen LogP contribution >= 0.6 is 0 Å². The molecule has 1 aromatic rings. The fraction of sp³-hybridized carbons (Fsp3) is 0.467. The van der Waals surface area contributed by atoms with Crippen LogP contribution in [0.4, 0.5) is 10.5 Å². The van der Waals surface area contributed by atoms with Gasteiger partial charge in [0.05, 0.1) is 0 Å². The first-order chi connectivity index (χ1) is 9.56. The zero-order valence-electron chi connectivity index (χ0n) is 12.3. The molecule has 0 aliphatic carbocycles. The number of nitrogens with one attached hydrogen (secondary N) is 3. The lowest BCUT2D eigenvalue weighted by Gasteiger charge is -2.12. The van der Waals surface area contributed by atoms with E-state index in [-0.39, 0.29) is 18.0 Å². The van der Waals surface area contributed by atoms with Crippen LogP contribution in [0.2, 0.25) is 0 Å². The molecular formula is C15H23N3O2. The largest absolute Gasteiger partial charge is 0.350 e. The van der Waals surface area contributed by atoms with E-state index in [1.54, 1.807) is 24.3 Å². The monoisotopic (exact) mass is 277 g/mol. The highest BCUT2D eigenvalue weighted by molar-refractivity contribution is 5.95. The van der Waals surface area contributed by atoms with Crippen LogP contribution in [-0.2, 0) is 0 Å². The Morgan fingerprint density at radius 3 is 2.35 bits per heavy atom. The van der Waals surface area contributed by atoms with E-state index in [2.05, 4.69) is 16.0 Å². The Morgan fingerprint density at radius 1 is 1.15 bits per heavy atom. The Morgan fingerprint density at radius 2 is 1.80 bits per heavy atom. The molecule has 1 aromatic carbocycles. The average molecular weight is 277 g/mol. The van der Waals surface area contributed by atoms with Gasteiger partial charge in [0.2, 0.25) is 0 Å². The molecule has 3 N–H and O–H groups in total. The van der Waals surface area contributed by atoms with Crippen molar-refractivity contribution in [2.24, 2.45) is 0 Å². The van der Waals surface area contributed by atoms with Gasteiger partial charge in [0.15, 0.2) is 0 Å². The molecule has 0 heterocycles. The van der Waals surface area contributed by atoms with Gasteiger partial charge < -0.3 is 16.0 Å². The molecule has 0 bridgehead atoms. The van der Waals surface area contributed by atoms with E-state index in [4.69, 9.17) is 0 Å². The molecule has 0 radical (unpaired) electrons. The van der Waals surface area contributed by atoms with Crippen LogP contribution in [0, 0.1) is 0 Å². The summed E-state index contributed by atoms with van der Waals surface area (Å²) in [5.74, 6) is -0.0960. The molecule has 0 aromatic heterocycles. The standard InChI is InChI=1S/C15H23N3O2/c1-4-10-16-15(20)18-13-8-6-12(7-9-13)14(19)17-11(3)5-2/h6-9,11H,4-5,10H2,1-3H3,(H,17,19)(H2,16,18,20). The number of anilines is 1. The molecule has 0 fully saturated rings. The maximum atomic E-state index is 11.9. The molecule has 1 unspecified atom stereocenters. The summed E-state index contributed by atoms with van der Waals surface area (Å²) in [7, 11) is 0. The molecule has 110 valence electrons. The number of urea groups is 1. The van der Waals surface area contributed by atoms with Crippen molar-refractivity contribution in [3.8, 4) is 0 Å². The van der Waals surface area contributed by atoms with Crippen molar-refractivity contribution in [2.75, 3.05) is 11.9 Å². The molecule has 1 rings (SSSR count). The second-order valence-corrected chi connectivity index (χ2v) is 4.74. The molecule has 5 nitrogen and oxygen atoms in total. The quantitative estimate of drug-likeness (QED) is 0.748. The fourth-order valence-electron chi connectivity index (χ4n) is 1.53. The van der Waals surface area contributed by atoms with Gasteiger partial charge in [0.1, 0.15) is 0 Å². The first-order valence-corrected chi connectivity index (χ1v) is 7.02. The summed E-state index contributed by atoms with van der Waals surface area (Å²) >= 11 is 0. The summed E-state index contributed by atoms with van der Waals surface area (Å²) in [5.41, 5.74) is 1.25. The minimum Gasteiger partial charge on any atom is -0.350 e. The molecule has 0 spiro atoms. The van der Waals surface area contributed by atoms with Crippen molar-refractivity contribution in [1.82, 2.24) is 10.6 Å². The minimum absolute atomic E-state index is 0.0960. The Balaban J connectivity index is 2.55. The number of amides is 3. The molecule has 1 atom stereocenters. The van der Waals surface area contributed by atoms with E-state index < -0.39 is 0 Å².